The molecule has 1 heterocycles. The minimum atomic E-state index is -0.573. The summed E-state index contributed by atoms with van der Waals surface area (Å²) in [6.45, 7) is 0.387. The zero-order valence-electron chi connectivity index (χ0n) is 12.3. The van der Waals surface area contributed by atoms with Crippen molar-refractivity contribution in [2.24, 2.45) is 5.73 Å². The van der Waals surface area contributed by atoms with E-state index in [1.54, 1.807) is 22.4 Å². The number of nitrogens with zero attached hydrogens (tertiary/aromatic N) is 2. The van der Waals surface area contributed by atoms with Gasteiger partial charge in [0.15, 0.2) is 0 Å². The zero-order chi connectivity index (χ0) is 16.8. The molecule has 1 aromatic heterocycles. The predicted molar refractivity (Wildman–Crippen MR) is 93.2 cm³/mol. The van der Waals surface area contributed by atoms with E-state index < -0.39 is 12.0 Å². The molecule has 1 amide bonds. The van der Waals surface area contributed by atoms with Crippen LogP contribution in [-0.4, -0.2) is 32.4 Å². The third kappa shape index (κ3) is 5.73. The average molecular weight is 374 g/mol. The number of thioether (sulfide) groups is 1. The minimum Gasteiger partial charge on any atom is -0.391 e. The van der Waals surface area contributed by atoms with Crippen molar-refractivity contribution in [2.45, 2.75) is 30.4 Å². The Morgan fingerprint density at radius 3 is 2.83 bits per heavy atom. The fraction of sp³-hybridized carbons (Fsp3) is 0.333. The molecule has 0 aliphatic heterocycles. The number of hydrogen-bond acceptors (Lipinski definition) is 4. The van der Waals surface area contributed by atoms with Crippen LogP contribution in [0.1, 0.15) is 23.3 Å². The molecule has 23 heavy (non-hydrogen) atoms. The Labute approximate surface area is 148 Å². The third-order valence-electron chi connectivity index (χ3n) is 3.15. The van der Waals surface area contributed by atoms with Crippen LogP contribution in [0.2, 0.25) is 10.0 Å². The van der Waals surface area contributed by atoms with Crippen LogP contribution in [-0.2, 0) is 6.54 Å². The number of carbonyl (C=O) groups excluding carboxylic acids is 1. The second-order valence-corrected chi connectivity index (χ2v) is 7.02. The first-order valence-corrected chi connectivity index (χ1v) is 8.77. The number of nitrogens with two attached hydrogens (primary N) is 1. The number of amides is 1. The number of aliphatic hydroxyl groups is 1. The van der Waals surface area contributed by atoms with Gasteiger partial charge in [-0.3, -0.25) is 4.79 Å². The molecule has 0 fully saturated rings. The van der Waals surface area contributed by atoms with Crippen molar-refractivity contribution in [2.75, 3.05) is 5.75 Å². The number of primary amides is 1. The Morgan fingerprint density at radius 2 is 2.17 bits per heavy atom. The van der Waals surface area contributed by atoms with Crippen LogP contribution in [0.4, 0.5) is 0 Å². The van der Waals surface area contributed by atoms with E-state index >= 15 is 0 Å². The van der Waals surface area contributed by atoms with Crippen molar-refractivity contribution in [1.29, 1.82) is 0 Å². The van der Waals surface area contributed by atoms with Gasteiger partial charge in [0.05, 0.1) is 22.5 Å². The first kappa shape index (κ1) is 18.1. The molecule has 0 saturated heterocycles. The lowest BCUT2D eigenvalue weighted by Crippen LogP contribution is -2.15. The second kappa shape index (κ2) is 8.59. The fourth-order valence-corrected chi connectivity index (χ4v) is 3.27. The van der Waals surface area contributed by atoms with E-state index in [1.807, 2.05) is 12.1 Å². The maximum Gasteiger partial charge on any atom is 0.268 e. The molecule has 2 rings (SSSR count). The Morgan fingerprint density at radius 1 is 1.39 bits per heavy atom. The summed E-state index contributed by atoms with van der Waals surface area (Å²) in [4.78, 5) is 15.9. The smallest absolute Gasteiger partial charge is 0.268 e. The van der Waals surface area contributed by atoms with Gasteiger partial charge in [0.2, 0.25) is 0 Å². The number of benzene rings is 1. The molecule has 5 nitrogen and oxygen atoms in total. The van der Waals surface area contributed by atoms with Gasteiger partial charge in [-0.2, -0.15) is 0 Å². The Kier molecular flexibility index (Phi) is 6.77. The van der Waals surface area contributed by atoms with E-state index in [0.29, 0.717) is 23.0 Å². The molecular weight excluding hydrogens is 357 g/mol. The summed E-state index contributed by atoms with van der Waals surface area (Å²) in [5.74, 6) is 0.294. The summed E-state index contributed by atoms with van der Waals surface area (Å²) in [6, 6.07) is 5.53. The number of carbonyl (C=O) groups is 1. The summed E-state index contributed by atoms with van der Waals surface area (Å²) in [5, 5.41) is 11.1. The molecule has 1 unspecified atom stereocenters. The summed E-state index contributed by atoms with van der Waals surface area (Å²) < 4.78 is 1.66. The molecule has 1 atom stereocenters. The van der Waals surface area contributed by atoms with E-state index in [-0.39, 0.29) is 5.69 Å². The van der Waals surface area contributed by atoms with Crippen molar-refractivity contribution < 1.29 is 9.90 Å². The quantitative estimate of drug-likeness (QED) is 0.549. The van der Waals surface area contributed by atoms with Crippen LogP contribution in [0.25, 0.3) is 0 Å². The predicted octanol–water partition coefficient (Wildman–Crippen LogP) is 3.22. The summed E-state index contributed by atoms with van der Waals surface area (Å²) in [6.07, 6.45) is 4.03. The maximum atomic E-state index is 11.0. The van der Waals surface area contributed by atoms with E-state index in [4.69, 9.17) is 28.9 Å². The molecule has 0 aliphatic carbocycles. The lowest BCUT2D eigenvalue weighted by atomic mass is 10.2. The number of halogens is 2. The van der Waals surface area contributed by atoms with Crippen molar-refractivity contribution in [3.8, 4) is 0 Å². The van der Waals surface area contributed by atoms with Gasteiger partial charge in [-0.15, -0.1) is 11.8 Å². The molecule has 124 valence electrons. The summed E-state index contributed by atoms with van der Waals surface area (Å²) >= 11 is 13.5. The Hall–Kier alpha value is -1.21. The van der Waals surface area contributed by atoms with Gasteiger partial charge in [-0.1, -0.05) is 23.2 Å². The first-order chi connectivity index (χ1) is 11.0. The number of imidazole rings is 1. The molecule has 8 heteroatoms. The van der Waals surface area contributed by atoms with Gasteiger partial charge < -0.3 is 15.4 Å². The van der Waals surface area contributed by atoms with Crippen molar-refractivity contribution in [1.82, 2.24) is 9.55 Å². The lowest BCUT2D eigenvalue weighted by Gasteiger charge is -2.11. The zero-order valence-corrected chi connectivity index (χ0v) is 14.6. The van der Waals surface area contributed by atoms with Crippen molar-refractivity contribution in [3.05, 3.63) is 46.5 Å². The lowest BCUT2D eigenvalue weighted by molar-refractivity contribution is 0.0995. The maximum absolute atomic E-state index is 11.0. The molecule has 0 bridgehead atoms. The monoisotopic (exact) mass is 373 g/mol. The summed E-state index contributed by atoms with van der Waals surface area (Å²) in [5.41, 5.74) is 5.33. The average Bonchev–Trinajstić information content (AvgIpc) is 2.96. The highest BCUT2D eigenvalue weighted by Gasteiger charge is 2.09. The van der Waals surface area contributed by atoms with Gasteiger partial charge in [-0.05, 0) is 36.8 Å². The van der Waals surface area contributed by atoms with Gasteiger partial charge in [0.25, 0.3) is 5.91 Å². The highest BCUT2D eigenvalue weighted by molar-refractivity contribution is 7.99. The highest BCUT2D eigenvalue weighted by Crippen LogP contribution is 2.28. The molecular formula is C15H17Cl2N3O2S. The standard InChI is InChI=1S/C15H17Cl2N3O2S/c16-12-4-3-11(6-13(12)17)23-5-1-2-10(21)7-20-8-14(15(18)22)19-9-20/h3-4,6,8-10,21H,1-2,5,7H2,(H2,18,22). The van der Waals surface area contributed by atoms with E-state index in [9.17, 15) is 9.90 Å². The van der Waals surface area contributed by atoms with Crippen LogP contribution in [0.3, 0.4) is 0 Å². The first-order valence-electron chi connectivity index (χ1n) is 7.03. The fourth-order valence-electron chi connectivity index (χ4n) is 2.00. The van der Waals surface area contributed by atoms with Gasteiger partial charge in [-0.25, -0.2) is 4.98 Å². The van der Waals surface area contributed by atoms with Crippen molar-refractivity contribution in [3.63, 3.8) is 0 Å². The minimum absolute atomic E-state index is 0.201. The molecule has 1 aromatic carbocycles. The van der Waals surface area contributed by atoms with Crippen LogP contribution in [0, 0.1) is 0 Å². The topological polar surface area (TPSA) is 81.1 Å². The normalized spacial score (nSPS) is 12.3. The molecule has 0 spiro atoms. The number of aliphatic hydroxyl groups excluding tert-OH is 1. The number of rotatable bonds is 8. The van der Waals surface area contributed by atoms with Gasteiger partial charge >= 0.3 is 0 Å². The molecule has 0 radical (unpaired) electrons. The second-order valence-electron chi connectivity index (χ2n) is 5.04. The Balaban J connectivity index is 1.70. The third-order valence-corrected chi connectivity index (χ3v) is 4.97. The van der Waals surface area contributed by atoms with Gasteiger partial charge in [0.1, 0.15) is 5.69 Å². The molecule has 2 aromatic rings. The Bertz CT molecular complexity index is 678. The number of hydrogen-bond donors (Lipinski definition) is 2. The van der Waals surface area contributed by atoms with Crippen LogP contribution in [0.5, 0.6) is 0 Å². The summed E-state index contributed by atoms with van der Waals surface area (Å²) in [7, 11) is 0. The highest BCUT2D eigenvalue weighted by atomic mass is 35.5. The largest absolute Gasteiger partial charge is 0.391 e. The molecule has 0 saturated carbocycles. The van der Waals surface area contributed by atoms with E-state index in [1.165, 1.54) is 12.5 Å². The molecule has 0 aliphatic rings. The SMILES string of the molecule is NC(=O)c1cn(CC(O)CCCSc2ccc(Cl)c(Cl)c2)cn1. The van der Waals surface area contributed by atoms with E-state index in [0.717, 1.165) is 17.1 Å². The van der Waals surface area contributed by atoms with E-state index in [2.05, 4.69) is 4.98 Å². The molecule has 3 N–H and O–H groups in total. The van der Waals surface area contributed by atoms with Crippen LogP contribution < -0.4 is 5.73 Å². The van der Waals surface area contributed by atoms with Crippen molar-refractivity contribution >= 4 is 40.9 Å². The van der Waals surface area contributed by atoms with Gasteiger partial charge in [0, 0.05) is 17.6 Å². The van der Waals surface area contributed by atoms with Crippen LogP contribution >= 0.6 is 35.0 Å². The number of aromatic nitrogens is 2. The van der Waals surface area contributed by atoms with Crippen LogP contribution in [0.15, 0.2) is 35.6 Å².